The van der Waals surface area contributed by atoms with Crippen molar-refractivity contribution in [3.8, 4) is 0 Å². The fourth-order valence-electron chi connectivity index (χ4n) is 1.37. The van der Waals surface area contributed by atoms with Gasteiger partial charge in [0.05, 0.1) is 6.04 Å². The molecule has 2 atom stereocenters. The van der Waals surface area contributed by atoms with Crippen LogP contribution in [0.3, 0.4) is 0 Å². The van der Waals surface area contributed by atoms with E-state index in [2.05, 4.69) is 11.9 Å². The molecule has 0 fully saturated rings. The second-order valence-electron chi connectivity index (χ2n) is 4.01. The van der Waals surface area contributed by atoms with Crippen molar-refractivity contribution in [2.75, 3.05) is 0 Å². The monoisotopic (exact) mass is 228 g/mol. The van der Waals surface area contributed by atoms with Gasteiger partial charge in [0.15, 0.2) is 0 Å². The average molecular weight is 228 g/mol. The number of aliphatic carboxylic acids is 1. The fourth-order valence-corrected chi connectivity index (χ4v) is 1.37. The number of hydrogen-bond acceptors (Lipinski definition) is 3. The second kappa shape index (κ2) is 6.27. The molecule has 0 bridgehead atoms. The summed E-state index contributed by atoms with van der Waals surface area (Å²) in [4.78, 5) is 22.6. The van der Waals surface area contributed by atoms with E-state index >= 15 is 0 Å². The summed E-state index contributed by atoms with van der Waals surface area (Å²) in [5, 5.41) is 11.5. The summed E-state index contributed by atoms with van der Waals surface area (Å²) in [5.41, 5.74) is 4.31. The van der Waals surface area contributed by atoms with Gasteiger partial charge in [-0.05, 0) is 19.8 Å². The van der Waals surface area contributed by atoms with Crippen molar-refractivity contribution >= 4 is 11.9 Å². The van der Waals surface area contributed by atoms with E-state index in [0.29, 0.717) is 19.3 Å². The normalized spacial score (nSPS) is 15.9. The van der Waals surface area contributed by atoms with Crippen LogP contribution in [0.2, 0.25) is 0 Å². The molecule has 92 valence electrons. The van der Waals surface area contributed by atoms with Gasteiger partial charge in [0, 0.05) is 0 Å². The highest BCUT2D eigenvalue weighted by Crippen LogP contribution is 2.12. The predicted molar refractivity (Wildman–Crippen MR) is 61.9 cm³/mol. The average Bonchev–Trinajstić information content (AvgIpc) is 2.18. The zero-order valence-corrected chi connectivity index (χ0v) is 9.82. The third-order valence-electron chi connectivity index (χ3n) is 2.38. The highest BCUT2D eigenvalue weighted by atomic mass is 16.4. The first kappa shape index (κ1) is 14.6. The summed E-state index contributed by atoms with van der Waals surface area (Å²) >= 11 is 0. The Hall–Kier alpha value is -1.36. The van der Waals surface area contributed by atoms with Crippen molar-refractivity contribution in [1.82, 2.24) is 5.32 Å². The van der Waals surface area contributed by atoms with E-state index in [-0.39, 0.29) is 0 Å². The molecular weight excluding hydrogens is 208 g/mol. The number of rotatable bonds is 7. The molecule has 0 heterocycles. The molecule has 5 heteroatoms. The number of hydrogen-bond donors (Lipinski definition) is 3. The van der Waals surface area contributed by atoms with Crippen LogP contribution in [0.5, 0.6) is 0 Å². The summed E-state index contributed by atoms with van der Waals surface area (Å²) < 4.78 is 0. The molecule has 0 saturated carbocycles. The Labute approximate surface area is 95.7 Å². The van der Waals surface area contributed by atoms with E-state index < -0.39 is 23.5 Å². The number of carbonyl (C=O) groups excluding carboxylic acids is 1. The van der Waals surface area contributed by atoms with Gasteiger partial charge >= 0.3 is 5.97 Å². The third-order valence-corrected chi connectivity index (χ3v) is 2.38. The number of nitrogens with one attached hydrogen (secondary N) is 1. The smallest absolute Gasteiger partial charge is 0.329 e. The van der Waals surface area contributed by atoms with Gasteiger partial charge in [0.2, 0.25) is 5.91 Å². The largest absolute Gasteiger partial charge is 0.480 e. The lowest BCUT2D eigenvalue weighted by Gasteiger charge is -2.27. The number of carboxylic acid groups (broad SMARTS) is 1. The number of carbonyl (C=O) groups is 2. The van der Waals surface area contributed by atoms with Crippen molar-refractivity contribution < 1.29 is 14.7 Å². The number of amides is 1. The number of nitrogens with two attached hydrogens (primary N) is 1. The standard InChI is InChI=1S/C11H20N2O3/c1-4-6-8(12)9(14)13-11(3,7-5-2)10(15)16/h4,8H,1,5-7,12H2,2-3H3,(H,13,14)(H,15,16). The predicted octanol–water partition coefficient (Wildman–Crippen LogP) is 0.649. The quantitative estimate of drug-likeness (QED) is 0.558. The Morgan fingerprint density at radius 3 is 2.56 bits per heavy atom. The van der Waals surface area contributed by atoms with E-state index in [1.165, 1.54) is 13.0 Å². The van der Waals surface area contributed by atoms with Crippen molar-refractivity contribution in [3.05, 3.63) is 12.7 Å². The minimum absolute atomic E-state index is 0.327. The van der Waals surface area contributed by atoms with Crippen LogP contribution in [0.1, 0.15) is 33.1 Å². The van der Waals surface area contributed by atoms with Crippen LogP contribution in [0.15, 0.2) is 12.7 Å². The van der Waals surface area contributed by atoms with Gasteiger partial charge in [0.25, 0.3) is 0 Å². The zero-order valence-electron chi connectivity index (χ0n) is 9.82. The lowest BCUT2D eigenvalue weighted by atomic mass is 9.95. The first-order valence-corrected chi connectivity index (χ1v) is 5.29. The molecule has 0 aromatic carbocycles. The van der Waals surface area contributed by atoms with Crippen LogP contribution >= 0.6 is 0 Å². The Kier molecular flexibility index (Phi) is 5.74. The molecule has 0 spiro atoms. The van der Waals surface area contributed by atoms with Gasteiger partial charge in [-0.25, -0.2) is 4.79 Å². The second-order valence-corrected chi connectivity index (χ2v) is 4.01. The molecule has 0 radical (unpaired) electrons. The van der Waals surface area contributed by atoms with Gasteiger partial charge < -0.3 is 16.2 Å². The molecule has 4 N–H and O–H groups in total. The van der Waals surface area contributed by atoms with Gasteiger partial charge in [-0.3, -0.25) is 4.79 Å². The van der Waals surface area contributed by atoms with Crippen LogP contribution < -0.4 is 11.1 Å². The topological polar surface area (TPSA) is 92.4 Å². The Morgan fingerprint density at radius 2 is 2.19 bits per heavy atom. The Bertz CT molecular complexity index is 278. The third kappa shape index (κ3) is 4.02. The summed E-state index contributed by atoms with van der Waals surface area (Å²) in [5.74, 6) is -1.51. The van der Waals surface area contributed by atoms with Crippen LogP contribution in [0.25, 0.3) is 0 Å². The summed E-state index contributed by atoms with van der Waals surface area (Å²) in [7, 11) is 0. The minimum Gasteiger partial charge on any atom is -0.480 e. The van der Waals surface area contributed by atoms with Gasteiger partial charge in [-0.15, -0.1) is 6.58 Å². The van der Waals surface area contributed by atoms with Crippen LogP contribution in [-0.2, 0) is 9.59 Å². The molecule has 5 nitrogen and oxygen atoms in total. The van der Waals surface area contributed by atoms with E-state index in [0.717, 1.165) is 0 Å². The fraction of sp³-hybridized carbons (Fsp3) is 0.636. The van der Waals surface area contributed by atoms with Gasteiger partial charge in [-0.2, -0.15) is 0 Å². The van der Waals surface area contributed by atoms with Crippen molar-refractivity contribution in [3.63, 3.8) is 0 Å². The van der Waals surface area contributed by atoms with Crippen molar-refractivity contribution in [2.24, 2.45) is 5.73 Å². The summed E-state index contributed by atoms with van der Waals surface area (Å²) in [6.45, 7) is 6.82. The minimum atomic E-state index is -1.25. The van der Waals surface area contributed by atoms with E-state index in [1.54, 1.807) is 0 Å². The molecule has 0 aromatic heterocycles. The SMILES string of the molecule is C=CCC(N)C(=O)NC(C)(CCC)C(=O)O. The lowest BCUT2D eigenvalue weighted by Crippen LogP contribution is -2.56. The first-order valence-electron chi connectivity index (χ1n) is 5.29. The summed E-state index contributed by atoms with van der Waals surface area (Å²) in [6, 6.07) is -0.743. The Balaban J connectivity index is 4.57. The molecule has 2 unspecified atom stereocenters. The molecule has 16 heavy (non-hydrogen) atoms. The van der Waals surface area contributed by atoms with Gasteiger partial charge in [0.1, 0.15) is 5.54 Å². The van der Waals surface area contributed by atoms with Crippen molar-refractivity contribution in [2.45, 2.75) is 44.7 Å². The molecule has 0 aromatic rings. The first-order chi connectivity index (χ1) is 7.37. The molecule has 0 saturated heterocycles. The van der Waals surface area contributed by atoms with Crippen LogP contribution in [0, 0.1) is 0 Å². The number of carboxylic acids is 1. The van der Waals surface area contributed by atoms with Crippen molar-refractivity contribution in [1.29, 1.82) is 0 Å². The molecule has 0 aliphatic heterocycles. The van der Waals surface area contributed by atoms with Crippen LogP contribution in [-0.4, -0.2) is 28.6 Å². The highest BCUT2D eigenvalue weighted by Gasteiger charge is 2.34. The molecule has 0 aliphatic carbocycles. The maximum atomic E-state index is 11.6. The molecule has 0 rings (SSSR count). The maximum Gasteiger partial charge on any atom is 0.329 e. The Morgan fingerprint density at radius 1 is 1.62 bits per heavy atom. The van der Waals surface area contributed by atoms with E-state index in [1.807, 2.05) is 6.92 Å². The van der Waals surface area contributed by atoms with Crippen LogP contribution in [0.4, 0.5) is 0 Å². The molecule has 1 amide bonds. The molecule has 0 aliphatic rings. The van der Waals surface area contributed by atoms with E-state index in [4.69, 9.17) is 10.8 Å². The lowest BCUT2D eigenvalue weighted by molar-refractivity contribution is -0.147. The van der Waals surface area contributed by atoms with E-state index in [9.17, 15) is 9.59 Å². The highest BCUT2D eigenvalue weighted by molar-refractivity contribution is 5.89. The maximum absolute atomic E-state index is 11.6. The molecular formula is C11H20N2O3. The van der Waals surface area contributed by atoms with Gasteiger partial charge in [-0.1, -0.05) is 19.4 Å². The summed E-state index contributed by atoms with van der Waals surface area (Å²) in [6.07, 6.45) is 2.89. The zero-order chi connectivity index (χ0) is 12.8.